The van der Waals surface area contributed by atoms with Crippen molar-refractivity contribution in [2.45, 2.75) is 37.9 Å². The molecule has 1 saturated heterocycles. The van der Waals surface area contributed by atoms with Crippen LogP contribution in [0.1, 0.15) is 32.6 Å². The van der Waals surface area contributed by atoms with Gasteiger partial charge in [-0.2, -0.15) is 0 Å². The third-order valence-corrected chi connectivity index (χ3v) is 5.65. The molecule has 20 heavy (non-hydrogen) atoms. The van der Waals surface area contributed by atoms with Crippen molar-refractivity contribution in [1.29, 1.82) is 0 Å². The first-order chi connectivity index (χ1) is 9.47. The van der Waals surface area contributed by atoms with Crippen molar-refractivity contribution in [2.24, 2.45) is 0 Å². The molecular formula is C14H26N2O3S. The van der Waals surface area contributed by atoms with Crippen LogP contribution < -0.4 is 5.32 Å². The lowest BCUT2D eigenvalue weighted by molar-refractivity contribution is -0.120. The van der Waals surface area contributed by atoms with Crippen molar-refractivity contribution in [1.82, 2.24) is 10.2 Å². The number of carbonyl (C=O) groups excluding carboxylic acids is 1. The summed E-state index contributed by atoms with van der Waals surface area (Å²) in [5.41, 5.74) is 0. The Kier molecular flexibility index (Phi) is 7.23. The van der Waals surface area contributed by atoms with E-state index < -0.39 is 21.0 Å². The van der Waals surface area contributed by atoms with E-state index in [1.807, 2.05) is 0 Å². The largest absolute Gasteiger partial charge is 0.355 e. The predicted molar refractivity (Wildman–Crippen MR) is 81.4 cm³/mol. The summed E-state index contributed by atoms with van der Waals surface area (Å²) in [7, 11) is -3.40. The topological polar surface area (TPSA) is 66.5 Å². The monoisotopic (exact) mass is 302 g/mol. The molecule has 1 heterocycles. The molecule has 1 amide bonds. The van der Waals surface area contributed by atoms with Gasteiger partial charge in [0.1, 0.15) is 5.25 Å². The highest BCUT2D eigenvalue weighted by Gasteiger charge is 2.26. The van der Waals surface area contributed by atoms with Crippen molar-refractivity contribution in [3.8, 4) is 0 Å². The first-order valence-corrected chi connectivity index (χ1v) is 9.01. The van der Waals surface area contributed by atoms with Gasteiger partial charge in [0.05, 0.1) is 5.75 Å². The first-order valence-electron chi connectivity index (χ1n) is 7.30. The number of nitrogens with zero attached hydrogens (tertiary/aromatic N) is 1. The Morgan fingerprint density at radius 3 is 2.60 bits per heavy atom. The van der Waals surface area contributed by atoms with Gasteiger partial charge in [-0.05, 0) is 52.2 Å². The molecule has 6 heteroatoms. The Balaban J connectivity index is 2.17. The number of hydrogen-bond acceptors (Lipinski definition) is 4. The third kappa shape index (κ3) is 5.63. The molecule has 0 aliphatic carbocycles. The highest BCUT2D eigenvalue weighted by molar-refractivity contribution is 7.92. The number of rotatable bonds is 9. The van der Waals surface area contributed by atoms with Gasteiger partial charge >= 0.3 is 0 Å². The molecular weight excluding hydrogens is 276 g/mol. The average Bonchev–Trinajstić information content (AvgIpc) is 2.90. The second kappa shape index (κ2) is 8.42. The lowest BCUT2D eigenvalue weighted by Gasteiger charge is -2.15. The van der Waals surface area contributed by atoms with E-state index >= 15 is 0 Å². The number of sulfone groups is 1. The highest BCUT2D eigenvalue weighted by atomic mass is 32.2. The zero-order valence-corrected chi connectivity index (χ0v) is 13.1. The van der Waals surface area contributed by atoms with E-state index in [-0.39, 0.29) is 5.75 Å². The number of nitrogens with one attached hydrogen (secondary N) is 1. The van der Waals surface area contributed by atoms with Gasteiger partial charge in [0.15, 0.2) is 9.84 Å². The Hall–Kier alpha value is -0.880. The first kappa shape index (κ1) is 17.2. The van der Waals surface area contributed by atoms with Gasteiger partial charge in [0.2, 0.25) is 5.91 Å². The minimum absolute atomic E-state index is 0.156. The molecule has 0 spiro atoms. The molecule has 0 saturated carbocycles. The number of hydrogen-bond donors (Lipinski definition) is 1. The summed E-state index contributed by atoms with van der Waals surface area (Å²) in [5.74, 6) is -0.565. The maximum atomic E-state index is 11.7. The van der Waals surface area contributed by atoms with E-state index in [1.54, 1.807) is 0 Å². The van der Waals surface area contributed by atoms with Crippen molar-refractivity contribution in [2.75, 3.05) is 31.9 Å². The summed E-state index contributed by atoms with van der Waals surface area (Å²) < 4.78 is 23.4. The highest BCUT2D eigenvalue weighted by Crippen LogP contribution is 2.08. The van der Waals surface area contributed by atoms with E-state index in [2.05, 4.69) is 16.8 Å². The van der Waals surface area contributed by atoms with Crippen LogP contribution in [-0.2, 0) is 14.6 Å². The Morgan fingerprint density at radius 1 is 1.35 bits per heavy atom. The number of unbranched alkanes of at least 4 members (excludes halogenated alkanes) is 1. The summed E-state index contributed by atoms with van der Waals surface area (Å²) in [6, 6.07) is 0. The van der Waals surface area contributed by atoms with Crippen LogP contribution in [0, 0.1) is 0 Å². The molecule has 116 valence electrons. The molecule has 5 nitrogen and oxygen atoms in total. The third-order valence-electron chi connectivity index (χ3n) is 3.66. The van der Waals surface area contributed by atoms with E-state index in [1.165, 1.54) is 38.9 Å². The Labute approximate surface area is 122 Å². The molecule has 1 fully saturated rings. The fourth-order valence-corrected chi connectivity index (χ4v) is 3.32. The lowest BCUT2D eigenvalue weighted by atomic mass is 10.3. The average molecular weight is 302 g/mol. The quantitative estimate of drug-likeness (QED) is 0.509. The van der Waals surface area contributed by atoms with Crippen LogP contribution >= 0.6 is 0 Å². The molecule has 0 bridgehead atoms. The second-order valence-corrected chi connectivity index (χ2v) is 7.67. The zero-order chi connectivity index (χ0) is 15.0. The molecule has 1 N–H and O–H groups in total. The van der Waals surface area contributed by atoms with Gasteiger partial charge in [0.25, 0.3) is 0 Å². The van der Waals surface area contributed by atoms with E-state index in [4.69, 9.17) is 0 Å². The molecule has 0 aromatic rings. The van der Waals surface area contributed by atoms with Crippen LogP contribution in [0.3, 0.4) is 0 Å². The minimum atomic E-state index is -3.40. The van der Waals surface area contributed by atoms with Crippen LogP contribution in [0.2, 0.25) is 0 Å². The van der Waals surface area contributed by atoms with Gasteiger partial charge in [0, 0.05) is 6.54 Å². The number of likely N-dealkylation sites (tertiary alicyclic amines) is 1. The zero-order valence-electron chi connectivity index (χ0n) is 12.3. The SMILES string of the molecule is C=CCS(=O)(=O)C(C)C(=O)NCCCCN1CCCC1. The van der Waals surface area contributed by atoms with Crippen molar-refractivity contribution >= 4 is 15.7 Å². The number of amides is 1. The molecule has 0 radical (unpaired) electrons. The van der Waals surface area contributed by atoms with Crippen LogP contribution in [-0.4, -0.2) is 56.4 Å². The summed E-state index contributed by atoms with van der Waals surface area (Å²) >= 11 is 0. The van der Waals surface area contributed by atoms with Crippen molar-refractivity contribution in [3.05, 3.63) is 12.7 Å². The van der Waals surface area contributed by atoms with Gasteiger partial charge in [-0.25, -0.2) is 8.42 Å². The second-order valence-electron chi connectivity index (χ2n) is 5.31. The molecule has 1 unspecified atom stereocenters. The molecule has 1 atom stereocenters. The van der Waals surface area contributed by atoms with E-state index in [9.17, 15) is 13.2 Å². The van der Waals surface area contributed by atoms with Crippen LogP contribution in [0.25, 0.3) is 0 Å². The Bertz CT molecular complexity index is 414. The smallest absolute Gasteiger partial charge is 0.238 e. The molecule has 0 aromatic heterocycles. The molecule has 1 aliphatic heterocycles. The van der Waals surface area contributed by atoms with Gasteiger partial charge < -0.3 is 10.2 Å². The van der Waals surface area contributed by atoms with Crippen molar-refractivity contribution in [3.63, 3.8) is 0 Å². The summed E-state index contributed by atoms with van der Waals surface area (Å²) in [6.45, 7) is 8.80. The van der Waals surface area contributed by atoms with E-state index in [0.717, 1.165) is 19.4 Å². The normalized spacial score (nSPS) is 17.9. The fraction of sp³-hybridized carbons (Fsp3) is 0.786. The Morgan fingerprint density at radius 2 is 2.00 bits per heavy atom. The molecule has 1 aliphatic rings. The molecule has 1 rings (SSSR count). The summed E-state index contributed by atoms with van der Waals surface area (Å²) in [6.07, 6.45) is 5.81. The maximum absolute atomic E-state index is 11.7. The lowest BCUT2D eigenvalue weighted by Crippen LogP contribution is -2.39. The number of carbonyl (C=O) groups is 1. The maximum Gasteiger partial charge on any atom is 0.238 e. The summed E-state index contributed by atoms with van der Waals surface area (Å²) in [5, 5.41) is 1.70. The summed E-state index contributed by atoms with van der Waals surface area (Å²) in [4.78, 5) is 14.2. The van der Waals surface area contributed by atoms with Gasteiger partial charge in [-0.15, -0.1) is 6.58 Å². The van der Waals surface area contributed by atoms with Crippen molar-refractivity contribution < 1.29 is 13.2 Å². The van der Waals surface area contributed by atoms with Crippen LogP contribution in [0.15, 0.2) is 12.7 Å². The van der Waals surface area contributed by atoms with Gasteiger partial charge in [-0.3, -0.25) is 4.79 Å². The minimum Gasteiger partial charge on any atom is -0.355 e. The van der Waals surface area contributed by atoms with E-state index in [0.29, 0.717) is 6.54 Å². The van der Waals surface area contributed by atoms with Crippen LogP contribution in [0.4, 0.5) is 0 Å². The molecule has 0 aromatic carbocycles. The van der Waals surface area contributed by atoms with Gasteiger partial charge in [-0.1, -0.05) is 6.08 Å². The van der Waals surface area contributed by atoms with Crippen LogP contribution in [0.5, 0.6) is 0 Å². The fourth-order valence-electron chi connectivity index (χ4n) is 2.29. The predicted octanol–water partition coefficient (Wildman–Crippen LogP) is 0.968. The standard InChI is InChI=1S/C14H26N2O3S/c1-3-12-20(18,19)13(2)14(17)15-8-4-5-9-16-10-6-7-11-16/h3,13H,1,4-12H2,2H3,(H,15,17).